The van der Waals surface area contributed by atoms with Gasteiger partial charge in [0.25, 0.3) is 0 Å². The molecule has 0 aliphatic rings. The Hall–Kier alpha value is -0.0600. The summed E-state index contributed by atoms with van der Waals surface area (Å²) in [6.07, 6.45) is 4.43. The van der Waals surface area contributed by atoms with Gasteiger partial charge in [-0.05, 0) is 19.3 Å². The van der Waals surface area contributed by atoms with Gasteiger partial charge in [-0.15, -0.1) is 0 Å². The molecule has 0 aromatic rings. The van der Waals surface area contributed by atoms with E-state index in [1.807, 2.05) is 13.8 Å². The summed E-state index contributed by atoms with van der Waals surface area (Å²) in [7, 11) is 0. The largest absolute Gasteiger partial charge is 1.00 e. The van der Waals surface area contributed by atoms with Gasteiger partial charge < -0.3 is 15.0 Å². The van der Waals surface area contributed by atoms with E-state index < -0.39 is 11.9 Å². The molecule has 0 rings (SSSR count). The topological polar surface area (TPSA) is 77.4 Å². The van der Waals surface area contributed by atoms with Crippen molar-refractivity contribution >= 4 is 11.9 Å². The van der Waals surface area contributed by atoms with Crippen LogP contribution in [0, 0.1) is 5.92 Å². The Balaban J connectivity index is -0.000000244. The third-order valence-electron chi connectivity index (χ3n) is 2.08. The van der Waals surface area contributed by atoms with Crippen LogP contribution in [0.2, 0.25) is 0 Å². The summed E-state index contributed by atoms with van der Waals surface area (Å²) in [6, 6.07) is 0. The molecule has 0 atom stereocenters. The van der Waals surface area contributed by atoms with Crippen molar-refractivity contribution in [3.8, 4) is 0 Å². The molecule has 0 saturated carbocycles. The minimum Gasteiger partial charge on any atom is -0.550 e. The van der Waals surface area contributed by atoms with E-state index >= 15 is 0 Å². The van der Waals surface area contributed by atoms with Gasteiger partial charge in [-0.1, -0.05) is 40.0 Å². The van der Waals surface area contributed by atoms with Crippen molar-refractivity contribution in [3.63, 3.8) is 0 Å². The second-order valence-electron chi connectivity index (χ2n) is 3.73. The molecule has 0 aromatic heterocycles. The monoisotopic (exact) mass is 254 g/mol. The van der Waals surface area contributed by atoms with Crippen molar-refractivity contribution in [1.29, 1.82) is 0 Å². The summed E-state index contributed by atoms with van der Waals surface area (Å²) < 4.78 is 0. The summed E-state index contributed by atoms with van der Waals surface area (Å²) in [4.78, 5) is 20.0. The Morgan fingerprint density at radius 2 is 1.47 bits per heavy atom. The first-order valence-electron chi connectivity index (χ1n) is 5.92. The molecule has 17 heavy (non-hydrogen) atoms. The molecule has 0 aromatic carbocycles. The van der Waals surface area contributed by atoms with Gasteiger partial charge in [0.2, 0.25) is 0 Å². The molecule has 96 valence electrons. The second kappa shape index (κ2) is 15.9. The van der Waals surface area contributed by atoms with Crippen LogP contribution >= 0.6 is 0 Å². The van der Waals surface area contributed by atoms with E-state index in [0.717, 1.165) is 25.7 Å². The van der Waals surface area contributed by atoms with Crippen LogP contribution in [0.4, 0.5) is 0 Å². The van der Waals surface area contributed by atoms with Crippen LogP contribution in [0.25, 0.3) is 0 Å². The summed E-state index contributed by atoms with van der Waals surface area (Å²) >= 11 is 0. The SMILES string of the molecule is CCCC(=O)[O-].CCCC(CCC)C(=O)O.[Na+]. The third-order valence-corrected chi connectivity index (χ3v) is 2.08. The molecule has 0 radical (unpaired) electrons. The standard InChI is InChI=1S/C8H16O2.C4H8O2.Na/c1-3-5-7(6-4-2)8(9)10;1-2-3-4(5)6;/h7H,3-6H2,1-2H3,(H,9,10);2-3H2,1H3,(H,5,6);/q;;+1/p-1. The smallest absolute Gasteiger partial charge is 0.550 e. The number of aliphatic carboxylic acids is 2. The number of carboxylic acids is 2. The zero-order chi connectivity index (χ0) is 13.0. The number of carbonyl (C=O) groups is 2. The minimum absolute atomic E-state index is 0. The summed E-state index contributed by atoms with van der Waals surface area (Å²) in [5.74, 6) is -1.70. The number of carbonyl (C=O) groups excluding carboxylic acids is 1. The van der Waals surface area contributed by atoms with Crippen LogP contribution in [-0.4, -0.2) is 17.0 Å². The van der Waals surface area contributed by atoms with Crippen LogP contribution in [0.15, 0.2) is 0 Å². The Morgan fingerprint density at radius 3 is 1.59 bits per heavy atom. The molecule has 0 heterocycles. The van der Waals surface area contributed by atoms with E-state index in [1.165, 1.54) is 0 Å². The number of rotatable bonds is 7. The predicted octanol–water partition coefficient (Wildman–Crippen LogP) is -1.17. The molecule has 0 unspecified atom stereocenters. The van der Waals surface area contributed by atoms with E-state index in [4.69, 9.17) is 5.11 Å². The first-order chi connectivity index (χ1) is 7.49. The molecule has 0 fully saturated rings. The number of hydrogen-bond donors (Lipinski definition) is 1. The summed E-state index contributed by atoms with van der Waals surface area (Å²) in [6.45, 7) is 5.84. The average Bonchev–Trinajstić information content (AvgIpc) is 2.18. The first-order valence-corrected chi connectivity index (χ1v) is 5.92. The molecule has 4 nitrogen and oxygen atoms in total. The number of carboxylic acid groups (broad SMARTS) is 2. The molecule has 0 saturated heterocycles. The predicted molar refractivity (Wildman–Crippen MR) is 60.9 cm³/mol. The van der Waals surface area contributed by atoms with Crippen molar-refractivity contribution in [2.24, 2.45) is 5.92 Å². The maximum absolute atomic E-state index is 10.5. The summed E-state index contributed by atoms with van der Waals surface area (Å²) in [5.41, 5.74) is 0. The van der Waals surface area contributed by atoms with Crippen LogP contribution in [-0.2, 0) is 9.59 Å². The van der Waals surface area contributed by atoms with Gasteiger partial charge in [-0.3, -0.25) is 4.79 Å². The quantitative estimate of drug-likeness (QED) is 0.581. The average molecular weight is 254 g/mol. The fraction of sp³-hybridized carbons (Fsp3) is 0.833. The maximum atomic E-state index is 10.5. The molecule has 0 spiro atoms. The third kappa shape index (κ3) is 18.5. The zero-order valence-corrected chi connectivity index (χ0v) is 13.5. The molecule has 1 N–H and O–H groups in total. The van der Waals surface area contributed by atoms with Gasteiger partial charge in [0, 0.05) is 5.97 Å². The molecular formula is C12H23NaO4. The van der Waals surface area contributed by atoms with Crippen molar-refractivity contribution in [2.75, 3.05) is 0 Å². The van der Waals surface area contributed by atoms with Crippen LogP contribution in [0.1, 0.15) is 59.3 Å². The van der Waals surface area contributed by atoms with Gasteiger partial charge in [0.1, 0.15) is 0 Å². The first kappa shape index (κ1) is 22.1. The number of hydrogen-bond acceptors (Lipinski definition) is 3. The molecule has 0 bridgehead atoms. The van der Waals surface area contributed by atoms with Crippen LogP contribution in [0.5, 0.6) is 0 Å². The fourth-order valence-corrected chi connectivity index (χ4v) is 1.29. The van der Waals surface area contributed by atoms with E-state index in [1.54, 1.807) is 6.92 Å². The molecule has 5 heteroatoms. The van der Waals surface area contributed by atoms with Crippen LogP contribution < -0.4 is 34.7 Å². The molecule has 0 aliphatic heterocycles. The van der Waals surface area contributed by atoms with Gasteiger partial charge in [0.05, 0.1) is 5.92 Å². The van der Waals surface area contributed by atoms with Gasteiger partial charge >= 0.3 is 35.5 Å². The molecule has 0 amide bonds. The van der Waals surface area contributed by atoms with Crippen LogP contribution in [0.3, 0.4) is 0 Å². The van der Waals surface area contributed by atoms with Gasteiger partial charge in [-0.2, -0.15) is 0 Å². The Morgan fingerprint density at radius 1 is 1.06 bits per heavy atom. The van der Waals surface area contributed by atoms with Gasteiger partial charge in [0.15, 0.2) is 0 Å². The van der Waals surface area contributed by atoms with E-state index in [9.17, 15) is 14.7 Å². The maximum Gasteiger partial charge on any atom is 1.00 e. The van der Waals surface area contributed by atoms with E-state index in [0.29, 0.717) is 6.42 Å². The van der Waals surface area contributed by atoms with Crippen molar-refractivity contribution in [3.05, 3.63) is 0 Å². The second-order valence-corrected chi connectivity index (χ2v) is 3.73. The Bertz CT molecular complexity index is 189. The van der Waals surface area contributed by atoms with Crippen molar-refractivity contribution in [1.82, 2.24) is 0 Å². The molecule has 0 aliphatic carbocycles. The molecular weight excluding hydrogens is 231 g/mol. The summed E-state index contributed by atoms with van der Waals surface area (Å²) in [5, 5.41) is 18.1. The van der Waals surface area contributed by atoms with E-state index in [2.05, 4.69) is 0 Å². The van der Waals surface area contributed by atoms with E-state index in [-0.39, 0.29) is 41.9 Å². The van der Waals surface area contributed by atoms with Crippen molar-refractivity contribution in [2.45, 2.75) is 59.3 Å². The Kier molecular flexibility index (Phi) is 20.8. The van der Waals surface area contributed by atoms with Gasteiger partial charge in [-0.25, -0.2) is 0 Å². The minimum atomic E-state index is -0.961. The normalized spacial score (nSPS) is 8.94. The fourth-order valence-electron chi connectivity index (χ4n) is 1.29. The zero-order valence-electron chi connectivity index (χ0n) is 11.5. The Labute approximate surface area is 126 Å². The van der Waals surface area contributed by atoms with Crippen molar-refractivity contribution < 1.29 is 49.4 Å².